The van der Waals surface area contributed by atoms with Gasteiger partial charge >= 0.3 is 0 Å². The topological polar surface area (TPSA) is 41.6 Å². The van der Waals surface area contributed by atoms with Crippen molar-refractivity contribution in [2.45, 2.75) is 13.3 Å². The lowest BCUT2D eigenvalue weighted by Gasteiger charge is -1.95. The predicted molar refractivity (Wildman–Crippen MR) is 54.8 cm³/mol. The van der Waals surface area contributed by atoms with Gasteiger partial charge in [-0.05, 0) is 24.1 Å². The third-order valence-electron chi connectivity index (χ3n) is 2.40. The SMILES string of the molecule is CCc1cn(C)c2ccc(C#N)nc12. The molecule has 2 aromatic heterocycles. The molecule has 0 aromatic carbocycles. The number of aromatic nitrogens is 2. The summed E-state index contributed by atoms with van der Waals surface area (Å²) in [5.74, 6) is 0. The number of aryl methyl sites for hydroxylation is 2. The number of nitrogens with zero attached hydrogens (tertiary/aromatic N) is 3. The molecule has 0 amide bonds. The van der Waals surface area contributed by atoms with Crippen LogP contribution in [0.15, 0.2) is 18.3 Å². The molecule has 0 unspecified atom stereocenters. The van der Waals surface area contributed by atoms with E-state index in [1.807, 2.05) is 17.7 Å². The van der Waals surface area contributed by atoms with E-state index in [0.29, 0.717) is 5.69 Å². The van der Waals surface area contributed by atoms with Gasteiger partial charge in [-0.25, -0.2) is 4.98 Å². The predicted octanol–water partition coefficient (Wildman–Crippen LogP) is 2.01. The molecule has 14 heavy (non-hydrogen) atoms. The maximum Gasteiger partial charge on any atom is 0.141 e. The van der Waals surface area contributed by atoms with E-state index in [1.54, 1.807) is 6.07 Å². The minimum Gasteiger partial charge on any atom is -0.349 e. The monoisotopic (exact) mass is 185 g/mol. The van der Waals surface area contributed by atoms with Crippen LogP contribution in [-0.4, -0.2) is 9.55 Å². The Morgan fingerprint density at radius 3 is 2.93 bits per heavy atom. The van der Waals surface area contributed by atoms with Gasteiger partial charge in [0.15, 0.2) is 0 Å². The van der Waals surface area contributed by atoms with Gasteiger partial charge in [-0.1, -0.05) is 6.92 Å². The highest BCUT2D eigenvalue weighted by Crippen LogP contribution is 2.19. The van der Waals surface area contributed by atoms with Crippen LogP contribution in [0.2, 0.25) is 0 Å². The molecule has 0 aliphatic carbocycles. The summed E-state index contributed by atoms with van der Waals surface area (Å²) in [4.78, 5) is 4.30. The van der Waals surface area contributed by atoms with E-state index in [1.165, 1.54) is 5.56 Å². The average Bonchev–Trinajstić information content (AvgIpc) is 2.55. The van der Waals surface area contributed by atoms with Crippen LogP contribution in [0.5, 0.6) is 0 Å². The first-order valence-corrected chi connectivity index (χ1v) is 4.61. The van der Waals surface area contributed by atoms with Crippen molar-refractivity contribution >= 4 is 11.0 Å². The van der Waals surface area contributed by atoms with E-state index in [0.717, 1.165) is 17.5 Å². The maximum absolute atomic E-state index is 8.75. The number of pyridine rings is 1. The third kappa shape index (κ3) is 1.16. The van der Waals surface area contributed by atoms with Crippen molar-refractivity contribution in [2.24, 2.45) is 7.05 Å². The van der Waals surface area contributed by atoms with E-state index in [9.17, 15) is 0 Å². The maximum atomic E-state index is 8.75. The third-order valence-corrected chi connectivity index (χ3v) is 2.40. The fourth-order valence-electron chi connectivity index (χ4n) is 1.66. The van der Waals surface area contributed by atoms with E-state index in [-0.39, 0.29) is 0 Å². The van der Waals surface area contributed by atoms with E-state index < -0.39 is 0 Å². The highest BCUT2D eigenvalue weighted by Gasteiger charge is 2.06. The lowest BCUT2D eigenvalue weighted by atomic mass is 10.2. The molecule has 0 saturated heterocycles. The van der Waals surface area contributed by atoms with Crippen molar-refractivity contribution in [3.05, 3.63) is 29.6 Å². The van der Waals surface area contributed by atoms with Gasteiger partial charge in [0.05, 0.1) is 11.0 Å². The summed E-state index contributed by atoms with van der Waals surface area (Å²) in [5, 5.41) is 8.75. The van der Waals surface area contributed by atoms with Crippen molar-refractivity contribution in [1.29, 1.82) is 5.26 Å². The minimum absolute atomic E-state index is 0.485. The average molecular weight is 185 g/mol. The summed E-state index contributed by atoms with van der Waals surface area (Å²) in [6, 6.07) is 5.76. The summed E-state index contributed by atoms with van der Waals surface area (Å²) in [5.41, 5.74) is 3.72. The molecule has 0 spiro atoms. The summed E-state index contributed by atoms with van der Waals surface area (Å²) >= 11 is 0. The number of hydrogen-bond donors (Lipinski definition) is 0. The zero-order valence-electron chi connectivity index (χ0n) is 8.28. The van der Waals surface area contributed by atoms with Crippen LogP contribution in [0.4, 0.5) is 0 Å². The van der Waals surface area contributed by atoms with Crippen LogP contribution in [0.1, 0.15) is 18.2 Å². The molecule has 2 heterocycles. The van der Waals surface area contributed by atoms with E-state index >= 15 is 0 Å². The largest absolute Gasteiger partial charge is 0.349 e. The van der Waals surface area contributed by atoms with Gasteiger partial charge in [-0.15, -0.1) is 0 Å². The van der Waals surface area contributed by atoms with Gasteiger partial charge in [0.25, 0.3) is 0 Å². The second-order valence-corrected chi connectivity index (χ2v) is 3.29. The molecular weight excluding hydrogens is 174 g/mol. The van der Waals surface area contributed by atoms with Crippen molar-refractivity contribution in [1.82, 2.24) is 9.55 Å². The fraction of sp³-hybridized carbons (Fsp3) is 0.273. The molecular formula is C11H11N3. The van der Waals surface area contributed by atoms with Crippen LogP contribution in [0.3, 0.4) is 0 Å². The van der Waals surface area contributed by atoms with Crippen LogP contribution < -0.4 is 0 Å². The number of rotatable bonds is 1. The Morgan fingerprint density at radius 1 is 1.50 bits per heavy atom. The molecule has 2 aromatic rings. The van der Waals surface area contributed by atoms with Gasteiger partial charge in [-0.2, -0.15) is 5.26 Å². The number of hydrogen-bond acceptors (Lipinski definition) is 2. The van der Waals surface area contributed by atoms with Gasteiger partial charge in [0.1, 0.15) is 11.8 Å². The smallest absolute Gasteiger partial charge is 0.141 e. The molecule has 0 radical (unpaired) electrons. The molecule has 0 N–H and O–H groups in total. The first-order chi connectivity index (χ1) is 6.76. The molecule has 0 aliphatic rings. The highest BCUT2D eigenvalue weighted by molar-refractivity contribution is 5.80. The molecule has 3 heteroatoms. The summed E-state index contributed by atoms with van der Waals surface area (Å²) in [7, 11) is 2.00. The Kier molecular flexibility index (Phi) is 1.97. The molecule has 3 nitrogen and oxygen atoms in total. The Labute approximate surface area is 82.6 Å². The summed E-state index contributed by atoms with van der Waals surface area (Å²) in [6.07, 6.45) is 3.01. The molecule has 2 rings (SSSR count). The Bertz CT molecular complexity index is 517. The van der Waals surface area contributed by atoms with Gasteiger partial charge in [0.2, 0.25) is 0 Å². The zero-order chi connectivity index (χ0) is 10.1. The quantitative estimate of drug-likeness (QED) is 0.682. The van der Waals surface area contributed by atoms with Crippen molar-refractivity contribution in [3.63, 3.8) is 0 Å². The first-order valence-electron chi connectivity index (χ1n) is 4.61. The van der Waals surface area contributed by atoms with E-state index in [2.05, 4.69) is 24.2 Å². The van der Waals surface area contributed by atoms with Crippen LogP contribution in [0, 0.1) is 11.3 Å². The molecule has 0 bridgehead atoms. The Morgan fingerprint density at radius 2 is 2.29 bits per heavy atom. The van der Waals surface area contributed by atoms with Gasteiger partial charge in [-0.3, -0.25) is 0 Å². The lowest BCUT2D eigenvalue weighted by molar-refractivity contribution is 0.954. The standard InChI is InChI=1S/C11H11N3/c1-3-8-7-14(2)10-5-4-9(6-12)13-11(8)10/h4-5,7H,3H2,1-2H3. The zero-order valence-corrected chi connectivity index (χ0v) is 8.28. The van der Waals surface area contributed by atoms with E-state index in [4.69, 9.17) is 5.26 Å². The Hall–Kier alpha value is -1.82. The molecule has 0 atom stereocenters. The van der Waals surface area contributed by atoms with Gasteiger partial charge in [0, 0.05) is 13.2 Å². The number of nitriles is 1. The van der Waals surface area contributed by atoms with Crippen LogP contribution >= 0.6 is 0 Å². The molecule has 70 valence electrons. The van der Waals surface area contributed by atoms with Crippen molar-refractivity contribution < 1.29 is 0 Å². The van der Waals surface area contributed by atoms with Crippen LogP contribution in [0.25, 0.3) is 11.0 Å². The fourth-order valence-corrected chi connectivity index (χ4v) is 1.66. The van der Waals surface area contributed by atoms with Crippen molar-refractivity contribution in [2.75, 3.05) is 0 Å². The second-order valence-electron chi connectivity index (χ2n) is 3.29. The molecule has 0 aliphatic heterocycles. The first kappa shape index (κ1) is 8.76. The summed E-state index contributed by atoms with van der Waals surface area (Å²) < 4.78 is 2.04. The lowest BCUT2D eigenvalue weighted by Crippen LogP contribution is -1.86. The normalized spacial score (nSPS) is 10.4. The number of fused-ring (bicyclic) bond motifs is 1. The van der Waals surface area contributed by atoms with Crippen LogP contribution in [-0.2, 0) is 13.5 Å². The highest BCUT2D eigenvalue weighted by atomic mass is 14.9. The minimum atomic E-state index is 0.485. The Balaban J connectivity index is 2.79. The van der Waals surface area contributed by atoms with Crippen molar-refractivity contribution in [3.8, 4) is 6.07 Å². The summed E-state index contributed by atoms with van der Waals surface area (Å²) in [6.45, 7) is 2.09. The second kappa shape index (κ2) is 3.15. The molecule has 0 saturated carbocycles. The molecule has 0 fully saturated rings. The van der Waals surface area contributed by atoms with Gasteiger partial charge < -0.3 is 4.57 Å².